The molecule has 0 saturated carbocycles. The van der Waals surface area contributed by atoms with Crippen molar-refractivity contribution >= 4 is 66.7 Å². The Hall–Kier alpha value is -7.08. The van der Waals surface area contributed by atoms with Gasteiger partial charge in [0.2, 0.25) is 11.5 Å². The Labute approximate surface area is 765 Å². The molecule has 2 aliphatic heterocycles. The lowest BCUT2D eigenvalue weighted by molar-refractivity contribution is 0.0593. The van der Waals surface area contributed by atoms with Crippen LogP contribution in [0.1, 0.15) is 492 Å². The van der Waals surface area contributed by atoms with E-state index in [0.717, 1.165) is 143 Å². The zero-order chi connectivity index (χ0) is 88.7. The number of fused-ring (bicyclic) bond motifs is 2. The fraction of sp³-hybridized carbons (Fsp3) is 0.684. The summed E-state index contributed by atoms with van der Waals surface area (Å²) in [5, 5.41) is 6.50. The summed E-state index contributed by atoms with van der Waals surface area (Å²) < 4.78 is 40.8. The Morgan fingerprint density at radius 1 is 0.198 bits per heavy atom. The zero-order valence-corrected chi connectivity index (χ0v) is 80.8. The number of benzene rings is 7. The highest BCUT2D eigenvalue weighted by atomic mass is 16.5. The highest BCUT2D eigenvalue weighted by Crippen LogP contribution is 2.48. The Kier molecular flexibility index (Phi) is 50.7. The van der Waals surface area contributed by atoms with Crippen LogP contribution >= 0.6 is 0 Å². The SMILES string of the molecule is CCCCCCCCCCCCOc1cc(CCCN2C(=O)c3ccc4c5ccc6c7c(ccc(c8ccc(c3c48)C2=O)c75)C(=O)N(CCCc2cc(OCCCCCCCCCCCC)c(OCCCCCCCCCCCC)c(OCCCCCCCCCCCC)c2)C6=O)cc(OCCCCCCCCCCCC)c1OCCCCCCCCCCCC. The van der Waals surface area contributed by atoms with Gasteiger partial charge < -0.3 is 28.4 Å². The Morgan fingerprint density at radius 3 is 0.563 bits per heavy atom. The summed E-state index contributed by atoms with van der Waals surface area (Å²) >= 11 is 0. The van der Waals surface area contributed by atoms with Gasteiger partial charge in [-0.25, -0.2) is 0 Å². The molecule has 7 aromatic rings. The van der Waals surface area contributed by atoms with Crippen molar-refractivity contribution < 1.29 is 47.6 Å². The maximum absolute atomic E-state index is 15.1. The molecule has 0 unspecified atom stereocenters. The van der Waals surface area contributed by atoms with Crippen LogP contribution in [0.5, 0.6) is 34.5 Å². The molecule has 0 radical (unpaired) electrons. The zero-order valence-electron chi connectivity index (χ0n) is 80.8. The summed E-state index contributed by atoms with van der Waals surface area (Å²) in [5.41, 5.74) is 4.06. The van der Waals surface area contributed by atoms with Gasteiger partial charge >= 0.3 is 0 Å². The van der Waals surface area contributed by atoms with Crippen LogP contribution in [-0.4, -0.2) is 86.2 Å². The number of carbonyl (C=O) groups is 4. The van der Waals surface area contributed by atoms with E-state index in [-0.39, 0.29) is 36.7 Å². The minimum Gasteiger partial charge on any atom is -0.490 e. The highest BCUT2D eigenvalue weighted by Gasteiger charge is 2.37. The molecule has 4 amide bonds. The van der Waals surface area contributed by atoms with Crippen molar-refractivity contribution in [2.75, 3.05) is 52.7 Å². The molecule has 0 aliphatic carbocycles. The molecule has 12 heteroatoms. The fourth-order valence-electron chi connectivity index (χ4n) is 19.5. The van der Waals surface area contributed by atoms with Crippen molar-refractivity contribution in [3.8, 4) is 34.5 Å². The average Bonchev–Trinajstić information content (AvgIpc) is 0.690. The molecule has 9 rings (SSSR count). The van der Waals surface area contributed by atoms with E-state index in [2.05, 4.69) is 65.8 Å². The summed E-state index contributed by atoms with van der Waals surface area (Å²) in [4.78, 5) is 63.3. The number of amides is 4. The maximum atomic E-state index is 15.1. The Bertz CT molecular complexity index is 3720. The van der Waals surface area contributed by atoms with E-state index in [4.69, 9.17) is 28.4 Å². The third-order valence-electron chi connectivity index (χ3n) is 27.2. The minimum absolute atomic E-state index is 0.238. The van der Waals surface area contributed by atoms with Crippen molar-refractivity contribution in [1.82, 2.24) is 9.80 Å². The first kappa shape index (κ1) is 103. The first-order valence-corrected chi connectivity index (χ1v) is 53.2. The number of aryl methyl sites for hydroxylation is 2. The molecule has 12 nitrogen and oxygen atoms in total. The summed E-state index contributed by atoms with van der Waals surface area (Å²) in [6.45, 7) is 17.8. The molecule has 0 spiro atoms. The molecule has 2 heterocycles. The number of rotatable bonds is 80. The van der Waals surface area contributed by atoms with Gasteiger partial charge in [0.05, 0.1) is 39.6 Å². The van der Waals surface area contributed by atoms with Gasteiger partial charge in [-0.3, -0.25) is 29.0 Å². The second-order valence-corrected chi connectivity index (χ2v) is 37.9. The van der Waals surface area contributed by atoms with Crippen LogP contribution in [-0.2, 0) is 12.8 Å². The van der Waals surface area contributed by atoms with Crippen molar-refractivity contribution in [1.29, 1.82) is 0 Å². The smallest absolute Gasteiger partial charge is 0.261 e. The maximum Gasteiger partial charge on any atom is 0.261 e. The van der Waals surface area contributed by atoms with Crippen molar-refractivity contribution in [3.05, 3.63) is 106 Å². The monoisotopic (exact) mass is 1730 g/mol. The lowest BCUT2D eigenvalue weighted by Crippen LogP contribution is -2.41. The van der Waals surface area contributed by atoms with Gasteiger partial charge in [-0.15, -0.1) is 0 Å². The third-order valence-corrected chi connectivity index (χ3v) is 27.2. The molecule has 0 saturated heterocycles. The third kappa shape index (κ3) is 34.0. The van der Waals surface area contributed by atoms with Crippen LogP contribution in [0, 0.1) is 0 Å². The lowest BCUT2D eigenvalue weighted by Gasteiger charge is -2.30. The van der Waals surface area contributed by atoms with Crippen LogP contribution < -0.4 is 28.4 Å². The molecular weight excluding hydrogens is 1560 g/mol. The molecule has 126 heavy (non-hydrogen) atoms. The first-order valence-electron chi connectivity index (χ1n) is 53.2. The molecule has 700 valence electrons. The second-order valence-electron chi connectivity index (χ2n) is 37.9. The Morgan fingerprint density at radius 2 is 0.373 bits per heavy atom. The number of imide groups is 2. The predicted octanol–water partition coefficient (Wildman–Crippen LogP) is 34.0. The number of hydrogen-bond donors (Lipinski definition) is 0. The summed E-state index contributed by atoms with van der Waals surface area (Å²) in [7, 11) is 0. The average molecular weight is 1730 g/mol. The number of unbranched alkanes of at least 4 members (excludes halogenated alkanes) is 54. The molecule has 0 atom stereocenters. The summed E-state index contributed by atoms with van der Waals surface area (Å²) in [6, 6.07) is 24.1. The molecule has 7 aromatic carbocycles. The van der Waals surface area contributed by atoms with Crippen molar-refractivity contribution in [2.45, 2.75) is 452 Å². The largest absolute Gasteiger partial charge is 0.490 e. The molecule has 0 fully saturated rings. The minimum atomic E-state index is -0.303. The van der Waals surface area contributed by atoms with Gasteiger partial charge in [0.1, 0.15) is 0 Å². The predicted molar refractivity (Wildman–Crippen MR) is 532 cm³/mol. The van der Waals surface area contributed by atoms with Crippen LogP contribution in [0.2, 0.25) is 0 Å². The van der Waals surface area contributed by atoms with Crippen LogP contribution in [0.15, 0.2) is 72.8 Å². The van der Waals surface area contributed by atoms with E-state index in [1.807, 2.05) is 48.5 Å². The summed E-state index contributed by atoms with van der Waals surface area (Å²) in [6.07, 6.45) is 77.4. The normalized spacial score (nSPS) is 12.8. The topological polar surface area (TPSA) is 130 Å². The molecular formula is C114H174N2O10. The lowest BCUT2D eigenvalue weighted by atomic mass is 9.82. The van der Waals surface area contributed by atoms with Gasteiger partial charge in [0, 0.05) is 46.1 Å². The quantitative estimate of drug-likeness (QED) is 0.0157. The van der Waals surface area contributed by atoms with E-state index >= 15 is 19.2 Å². The summed E-state index contributed by atoms with van der Waals surface area (Å²) in [5.74, 6) is 3.09. The van der Waals surface area contributed by atoms with Gasteiger partial charge in [-0.1, -0.05) is 413 Å². The van der Waals surface area contributed by atoms with E-state index in [9.17, 15) is 0 Å². The molecule has 0 bridgehead atoms. The Balaban J connectivity index is 0.890. The first-order chi connectivity index (χ1) is 62.2. The standard InChI is InChI=1S/C114H174N2O10/c1-7-13-19-25-31-37-43-49-55-61-81-121-101-87-91(88-102(122-82-62-56-50-44-38-32-26-20-14-8-2)109(101)125-85-65-59-53-47-41-35-29-23-17-11-5)69-67-79-115-111(117)97-75-71-93-95-73-77-99-108-100(78-74-96(106(95)108)94-72-76-98(112(115)118)107(97)105(93)94)114(120)116(113(99)119)80-68-70-92-89-103(123-83-63-57-51-45-39-33-27-21-15-9-3)110(126-86-66-60-54-48-42-36-30-24-18-12-6)104(90-92)124-84-64-58-52-46-40-34-28-22-16-10-4/h71-78,87-90H,7-70,79-86H2,1-6H3. The van der Waals surface area contributed by atoms with Crippen LogP contribution in [0.3, 0.4) is 0 Å². The molecule has 0 N–H and O–H groups in total. The van der Waals surface area contributed by atoms with E-state index in [0.29, 0.717) is 110 Å². The fourth-order valence-corrected chi connectivity index (χ4v) is 19.5. The highest BCUT2D eigenvalue weighted by molar-refractivity contribution is 6.41. The molecule has 0 aromatic heterocycles. The van der Waals surface area contributed by atoms with Gasteiger partial charge in [-0.05, 0) is 156 Å². The van der Waals surface area contributed by atoms with Gasteiger partial charge in [0.25, 0.3) is 23.6 Å². The number of nitrogens with zero attached hydrogens (tertiary/aromatic N) is 2. The number of hydrogen-bond acceptors (Lipinski definition) is 10. The van der Waals surface area contributed by atoms with E-state index < -0.39 is 0 Å². The number of ether oxygens (including phenoxy) is 6. The second kappa shape index (κ2) is 62.3. The van der Waals surface area contributed by atoms with Crippen molar-refractivity contribution in [2.24, 2.45) is 0 Å². The van der Waals surface area contributed by atoms with Crippen molar-refractivity contribution in [3.63, 3.8) is 0 Å². The molecule has 2 aliphatic rings. The van der Waals surface area contributed by atoms with Gasteiger partial charge in [-0.2, -0.15) is 0 Å². The van der Waals surface area contributed by atoms with E-state index in [1.54, 1.807) is 0 Å². The number of carbonyl (C=O) groups excluding carboxylic acids is 4. The van der Waals surface area contributed by atoms with Crippen LogP contribution in [0.25, 0.3) is 43.1 Å². The van der Waals surface area contributed by atoms with E-state index in [1.165, 1.54) is 318 Å². The van der Waals surface area contributed by atoms with Gasteiger partial charge in [0.15, 0.2) is 23.0 Å². The van der Waals surface area contributed by atoms with Crippen LogP contribution in [0.4, 0.5) is 0 Å².